The van der Waals surface area contributed by atoms with E-state index in [1.165, 1.54) is 0 Å². The topological polar surface area (TPSA) is 35.0 Å². The van der Waals surface area contributed by atoms with Gasteiger partial charge in [-0.15, -0.1) is 0 Å². The normalized spacial score (nSPS) is 13.0. The summed E-state index contributed by atoms with van der Waals surface area (Å²) in [5, 5.41) is 0. The lowest BCUT2D eigenvalue weighted by Crippen LogP contribution is -2.02. The van der Waals surface area contributed by atoms with Gasteiger partial charge in [0.05, 0.1) is 11.8 Å². The number of hydrogen-bond donors (Lipinski definition) is 0. The maximum absolute atomic E-state index is 5.11. The third kappa shape index (κ3) is 1.74. The molecule has 0 bridgehead atoms. The molecule has 0 aliphatic heterocycles. The second kappa shape index (κ2) is 3.44. The van der Waals surface area contributed by atoms with E-state index in [2.05, 4.69) is 16.3 Å². The molecule has 0 aliphatic rings. The van der Waals surface area contributed by atoms with Gasteiger partial charge in [0, 0.05) is 13.3 Å². The van der Waals surface area contributed by atoms with Gasteiger partial charge in [0.25, 0.3) is 0 Å². The highest BCUT2D eigenvalue weighted by atomic mass is 16.5. The van der Waals surface area contributed by atoms with Gasteiger partial charge in [0.1, 0.15) is 0 Å². The summed E-state index contributed by atoms with van der Waals surface area (Å²) >= 11 is 0. The quantitative estimate of drug-likeness (QED) is 0.639. The molecule has 1 aromatic rings. The molecule has 1 unspecified atom stereocenters. The van der Waals surface area contributed by atoms with Crippen molar-refractivity contribution in [2.75, 3.05) is 7.11 Å². The number of methoxy groups -OCH3 is 1. The predicted octanol–water partition coefficient (Wildman–Crippen LogP) is 1.29. The fourth-order valence-electron chi connectivity index (χ4n) is 0.886. The third-order valence-electron chi connectivity index (χ3n) is 1.63. The second-order valence-electron chi connectivity index (χ2n) is 2.42. The monoisotopic (exact) mass is 151 g/mol. The van der Waals surface area contributed by atoms with Gasteiger partial charge in [-0.05, 0) is 19.4 Å². The van der Waals surface area contributed by atoms with E-state index in [1.54, 1.807) is 13.3 Å². The van der Waals surface area contributed by atoms with E-state index in [1.807, 2.05) is 13.8 Å². The maximum atomic E-state index is 5.11. The number of hydrogen-bond acceptors (Lipinski definition) is 3. The SMILES string of the molecule is COC(C)c1n[c]ncc1C. The maximum Gasteiger partial charge on any atom is 0.198 e. The van der Waals surface area contributed by atoms with Crippen LogP contribution < -0.4 is 0 Å². The number of aromatic nitrogens is 2. The summed E-state index contributed by atoms with van der Waals surface area (Å²) in [4.78, 5) is 7.76. The van der Waals surface area contributed by atoms with Crippen molar-refractivity contribution in [3.05, 3.63) is 23.8 Å². The highest BCUT2D eigenvalue weighted by Crippen LogP contribution is 2.14. The minimum atomic E-state index is 0.0225. The molecule has 0 N–H and O–H groups in total. The molecule has 0 aromatic carbocycles. The van der Waals surface area contributed by atoms with Crippen LogP contribution in [0.2, 0.25) is 0 Å². The molecule has 3 nitrogen and oxygen atoms in total. The Kier molecular flexibility index (Phi) is 2.54. The van der Waals surface area contributed by atoms with Crippen LogP contribution in [0.1, 0.15) is 24.3 Å². The zero-order valence-electron chi connectivity index (χ0n) is 6.96. The third-order valence-corrected chi connectivity index (χ3v) is 1.63. The van der Waals surface area contributed by atoms with Crippen LogP contribution in [0.3, 0.4) is 0 Å². The molecule has 0 saturated heterocycles. The molecular weight excluding hydrogens is 140 g/mol. The van der Waals surface area contributed by atoms with Crippen LogP contribution >= 0.6 is 0 Å². The zero-order chi connectivity index (χ0) is 8.27. The van der Waals surface area contributed by atoms with Gasteiger partial charge < -0.3 is 4.74 Å². The van der Waals surface area contributed by atoms with Gasteiger partial charge in [-0.25, -0.2) is 9.97 Å². The Morgan fingerprint density at radius 1 is 1.64 bits per heavy atom. The van der Waals surface area contributed by atoms with Crippen LogP contribution in [0, 0.1) is 13.3 Å². The number of nitrogens with zero attached hydrogens (tertiary/aromatic N) is 2. The largest absolute Gasteiger partial charge is 0.375 e. The smallest absolute Gasteiger partial charge is 0.198 e. The van der Waals surface area contributed by atoms with Crippen molar-refractivity contribution in [1.29, 1.82) is 0 Å². The van der Waals surface area contributed by atoms with Crippen LogP contribution in [0.5, 0.6) is 0 Å². The summed E-state index contributed by atoms with van der Waals surface area (Å²) in [6.07, 6.45) is 4.29. The lowest BCUT2D eigenvalue weighted by atomic mass is 10.2. The summed E-state index contributed by atoms with van der Waals surface area (Å²) in [5.41, 5.74) is 1.95. The van der Waals surface area contributed by atoms with E-state index in [9.17, 15) is 0 Å². The van der Waals surface area contributed by atoms with Crippen LogP contribution in [0.25, 0.3) is 0 Å². The molecule has 0 fully saturated rings. The first-order valence-corrected chi connectivity index (χ1v) is 3.48. The van der Waals surface area contributed by atoms with Crippen molar-refractivity contribution < 1.29 is 4.74 Å². The summed E-state index contributed by atoms with van der Waals surface area (Å²) in [5.74, 6) is 0. The van der Waals surface area contributed by atoms with Gasteiger partial charge in [0.2, 0.25) is 0 Å². The van der Waals surface area contributed by atoms with E-state index in [0.29, 0.717) is 0 Å². The van der Waals surface area contributed by atoms with Gasteiger partial charge in [0.15, 0.2) is 6.33 Å². The first kappa shape index (κ1) is 8.14. The van der Waals surface area contributed by atoms with Crippen molar-refractivity contribution in [3.8, 4) is 0 Å². The van der Waals surface area contributed by atoms with Crippen molar-refractivity contribution in [3.63, 3.8) is 0 Å². The van der Waals surface area contributed by atoms with Gasteiger partial charge >= 0.3 is 0 Å². The van der Waals surface area contributed by atoms with E-state index >= 15 is 0 Å². The summed E-state index contributed by atoms with van der Waals surface area (Å²) in [7, 11) is 1.66. The summed E-state index contributed by atoms with van der Waals surface area (Å²) < 4.78 is 5.11. The minimum absolute atomic E-state index is 0.0225. The number of ether oxygens (including phenoxy) is 1. The number of rotatable bonds is 2. The fourth-order valence-corrected chi connectivity index (χ4v) is 0.886. The van der Waals surface area contributed by atoms with Crippen molar-refractivity contribution >= 4 is 0 Å². The molecule has 11 heavy (non-hydrogen) atoms. The molecule has 0 spiro atoms. The second-order valence-corrected chi connectivity index (χ2v) is 2.42. The van der Waals surface area contributed by atoms with Gasteiger partial charge in [-0.3, -0.25) is 0 Å². The average Bonchev–Trinajstić information content (AvgIpc) is 2.04. The van der Waals surface area contributed by atoms with E-state index < -0.39 is 0 Å². The van der Waals surface area contributed by atoms with Crippen LogP contribution in [-0.4, -0.2) is 17.1 Å². The lowest BCUT2D eigenvalue weighted by molar-refractivity contribution is 0.115. The Labute approximate surface area is 66.4 Å². The Morgan fingerprint density at radius 2 is 2.36 bits per heavy atom. The fraction of sp³-hybridized carbons (Fsp3) is 0.500. The molecule has 0 amide bonds. The molecule has 1 aromatic heterocycles. The molecular formula is C8H11N2O. The Bertz CT molecular complexity index is 237. The Hall–Kier alpha value is -0.960. The first-order valence-electron chi connectivity index (χ1n) is 3.48. The van der Waals surface area contributed by atoms with Crippen molar-refractivity contribution in [2.45, 2.75) is 20.0 Å². The average molecular weight is 151 g/mol. The summed E-state index contributed by atoms with van der Waals surface area (Å²) in [6, 6.07) is 0. The molecule has 1 atom stereocenters. The molecule has 1 radical (unpaired) electrons. The van der Waals surface area contributed by atoms with Crippen LogP contribution in [0.4, 0.5) is 0 Å². The van der Waals surface area contributed by atoms with Crippen LogP contribution in [-0.2, 0) is 4.74 Å². The van der Waals surface area contributed by atoms with Crippen LogP contribution in [0.15, 0.2) is 6.20 Å². The minimum Gasteiger partial charge on any atom is -0.375 e. The van der Waals surface area contributed by atoms with Gasteiger partial charge in [-0.1, -0.05) is 0 Å². The van der Waals surface area contributed by atoms with Crippen molar-refractivity contribution in [2.24, 2.45) is 0 Å². The van der Waals surface area contributed by atoms with E-state index in [0.717, 1.165) is 11.3 Å². The summed E-state index contributed by atoms with van der Waals surface area (Å²) in [6.45, 7) is 3.90. The highest BCUT2D eigenvalue weighted by molar-refractivity contribution is 5.15. The first-order chi connectivity index (χ1) is 5.25. The molecule has 3 heteroatoms. The van der Waals surface area contributed by atoms with E-state index in [-0.39, 0.29) is 6.10 Å². The Morgan fingerprint density at radius 3 is 2.91 bits per heavy atom. The molecule has 1 heterocycles. The highest BCUT2D eigenvalue weighted by Gasteiger charge is 2.07. The predicted molar refractivity (Wildman–Crippen MR) is 41.0 cm³/mol. The molecule has 59 valence electrons. The molecule has 0 aliphatic carbocycles. The lowest BCUT2D eigenvalue weighted by Gasteiger charge is -2.09. The van der Waals surface area contributed by atoms with Crippen molar-refractivity contribution in [1.82, 2.24) is 9.97 Å². The molecule has 0 saturated carbocycles. The standard InChI is InChI=1S/C8H11N2O/c1-6-4-9-5-10-8(6)7(2)11-3/h4,7H,1-3H3. The van der Waals surface area contributed by atoms with E-state index in [4.69, 9.17) is 4.74 Å². The Balaban J connectivity index is 2.93. The number of aryl methyl sites for hydroxylation is 1. The van der Waals surface area contributed by atoms with Gasteiger partial charge in [-0.2, -0.15) is 0 Å². The zero-order valence-corrected chi connectivity index (χ0v) is 6.96. The molecule has 1 rings (SSSR count).